The van der Waals surface area contributed by atoms with E-state index >= 15 is 0 Å². The molecule has 2 heterocycles. The van der Waals surface area contributed by atoms with Crippen LogP contribution < -0.4 is 0 Å². The first kappa shape index (κ1) is 17.2. The molecule has 136 valence electrons. The van der Waals surface area contributed by atoms with E-state index in [4.69, 9.17) is 9.47 Å². The van der Waals surface area contributed by atoms with Crippen LogP contribution in [0.2, 0.25) is 0 Å². The molecule has 26 heavy (non-hydrogen) atoms. The normalized spacial score (nSPS) is 25.2. The zero-order valence-electron chi connectivity index (χ0n) is 14.8. The van der Waals surface area contributed by atoms with Crippen molar-refractivity contribution >= 4 is 16.8 Å². The number of carbonyl (C=O) groups is 1. The Bertz CT molecular complexity index is 807. The predicted octanol–water partition coefficient (Wildman–Crippen LogP) is 3.06. The Balaban J connectivity index is 1.51. The SMILES string of the molecule is C=CCOC[C@@H]1CC[C@H]2[C@H]1OCCN2C(=O)c1ccc2ncccc2c1. The van der Waals surface area contributed by atoms with Crippen LogP contribution in [0.1, 0.15) is 23.2 Å². The highest BCUT2D eigenvalue weighted by molar-refractivity contribution is 5.98. The van der Waals surface area contributed by atoms with E-state index in [0.717, 1.165) is 29.3 Å². The van der Waals surface area contributed by atoms with Gasteiger partial charge >= 0.3 is 0 Å². The van der Waals surface area contributed by atoms with E-state index in [-0.39, 0.29) is 18.1 Å². The first-order valence-corrected chi connectivity index (χ1v) is 9.24. The Morgan fingerprint density at radius 1 is 1.38 bits per heavy atom. The summed E-state index contributed by atoms with van der Waals surface area (Å²) in [6, 6.07) is 9.76. The smallest absolute Gasteiger partial charge is 0.254 e. The summed E-state index contributed by atoms with van der Waals surface area (Å²) in [6.07, 6.45) is 5.59. The van der Waals surface area contributed by atoms with Crippen LogP contribution in [0, 0.1) is 5.92 Å². The third-order valence-corrected chi connectivity index (χ3v) is 5.40. The van der Waals surface area contributed by atoms with Crippen LogP contribution in [0.3, 0.4) is 0 Å². The molecule has 1 amide bonds. The highest BCUT2D eigenvalue weighted by atomic mass is 16.5. The zero-order valence-corrected chi connectivity index (χ0v) is 14.8. The molecule has 0 spiro atoms. The summed E-state index contributed by atoms with van der Waals surface area (Å²) in [5.74, 6) is 0.429. The third-order valence-electron chi connectivity index (χ3n) is 5.40. The van der Waals surface area contributed by atoms with Crippen LogP contribution in [0.25, 0.3) is 10.9 Å². The Labute approximate surface area is 153 Å². The minimum Gasteiger partial charge on any atom is -0.377 e. The topological polar surface area (TPSA) is 51.7 Å². The van der Waals surface area contributed by atoms with Gasteiger partial charge in [-0.3, -0.25) is 9.78 Å². The summed E-state index contributed by atoms with van der Waals surface area (Å²) < 4.78 is 11.7. The fourth-order valence-corrected chi connectivity index (χ4v) is 4.17. The van der Waals surface area contributed by atoms with Gasteiger partial charge in [-0.25, -0.2) is 0 Å². The number of ether oxygens (including phenoxy) is 2. The summed E-state index contributed by atoms with van der Waals surface area (Å²) in [7, 11) is 0. The quantitative estimate of drug-likeness (QED) is 0.613. The van der Waals surface area contributed by atoms with Gasteiger partial charge in [-0.05, 0) is 37.1 Å². The minimum atomic E-state index is 0.0691. The van der Waals surface area contributed by atoms with E-state index in [0.29, 0.717) is 32.3 Å². The lowest BCUT2D eigenvalue weighted by atomic mass is 10.0. The largest absolute Gasteiger partial charge is 0.377 e. The number of carbonyl (C=O) groups excluding carboxylic acids is 1. The molecular formula is C21H24N2O3. The lowest BCUT2D eigenvalue weighted by molar-refractivity contribution is -0.0738. The van der Waals surface area contributed by atoms with Crippen molar-refractivity contribution in [2.45, 2.75) is 25.0 Å². The van der Waals surface area contributed by atoms with Gasteiger partial charge < -0.3 is 14.4 Å². The minimum absolute atomic E-state index is 0.0691. The average Bonchev–Trinajstić information content (AvgIpc) is 3.10. The molecule has 1 aromatic carbocycles. The first-order chi connectivity index (χ1) is 12.8. The molecule has 1 aliphatic heterocycles. The van der Waals surface area contributed by atoms with E-state index in [2.05, 4.69) is 11.6 Å². The number of rotatable bonds is 5. The van der Waals surface area contributed by atoms with Crippen LogP contribution in [0.5, 0.6) is 0 Å². The molecule has 3 atom stereocenters. The molecule has 0 radical (unpaired) electrons. The molecular weight excluding hydrogens is 328 g/mol. The number of morpholine rings is 1. The summed E-state index contributed by atoms with van der Waals surface area (Å²) in [4.78, 5) is 19.5. The van der Waals surface area contributed by atoms with Gasteiger partial charge in [0.2, 0.25) is 0 Å². The number of benzene rings is 1. The Kier molecular flexibility index (Phi) is 5.00. The highest BCUT2D eigenvalue weighted by Gasteiger charge is 2.44. The van der Waals surface area contributed by atoms with Crippen molar-refractivity contribution in [3.8, 4) is 0 Å². The predicted molar refractivity (Wildman–Crippen MR) is 100 cm³/mol. The van der Waals surface area contributed by atoms with Crippen molar-refractivity contribution in [1.29, 1.82) is 0 Å². The maximum atomic E-state index is 13.2. The van der Waals surface area contributed by atoms with Crippen LogP contribution in [-0.2, 0) is 9.47 Å². The molecule has 1 aromatic heterocycles. The molecule has 1 saturated carbocycles. The standard InChI is InChI=1S/C21H24N2O3/c1-2-11-25-14-17-6-8-19-20(17)26-12-10-23(19)21(24)16-5-7-18-15(13-16)4-3-9-22-18/h2-5,7,9,13,17,19-20H,1,6,8,10-12,14H2/t17-,19-,20-/m0/s1. The molecule has 0 bridgehead atoms. The van der Waals surface area contributed by atoms with Crippen molar-refractivity contribution in [1.82, 2.24) is 9.88 Å². The average molecular weight is 352 g/mol. The van der Waals surface area contributed by atoms with Gasteiger partial charge in [-0.2, -0.15) is 0 Å². The number of hydrogen-bond acceptors (Lipinski definition) is 4. The van der Waals surface area contributed by atoms with Crippen LogP contribution in [0.15, 0.2) is 49.2 Å². The lowest BCUT2D eigenvalue weighted by Gasteiger charge is -2.39. The molecule has 0 N–H and O–H groups in total. The third kappa shape index (κ3) is 3.24. The molecule has 5 nitrogen and oxygen atoms in total. The second-order valence-corrected chi connectivity index (χ2v) is 6.98. The Hall–Kier alpha value is -2.24. The lowest BCUT2D eigenvalue weighted by Crippen LogP contribution is -2.53. The number of hydrogen-bond donors (Lipinski definition) is 0. The van der Waals surface area contributed by atoms with Gasteiger partial charge in [0.05, 0.1) is 37.5 Å². The summed E-state index contributed by atoms with van der Waals surface area (Å²) >= 11 is 0. The fourth-order valence-electron chi connectivity index (χ4n) is 4.17. The van der Waals surface area contributed by atoms with Gasteiger partial charge in [-0.1, -0.05) is 12.1 Å². The van der Waals surface area contributed by atoms with Crippen LogP contribution in [-0.4, -0.2) is 54.3 Å². The van der Waals surface area contributed by atoms with Crippen molar-refractivity contribution in [2.75, 3.05) is 26.4 Å². The van der Waals surface area contributed by atoms with Gasteiger partial charge in [-0.15, -0.1) is 6.58 Å². The fraction of sp³-hybridized carbons (Fsp3) is 0.429. The van der Waals surface area contributed by atoms with Gasteiger partial charge in [0.1, 0.15) is 0 Å². The van der Waals surface area contributed by atoms with Gasteiger partial charge in [0.25, 0.3) is 5.91 Å². The number of pyridine rings is 1. The summed E-state index contributed by atoms with van der Waals surface area (Å²) in [6.45, 7) is 6.13. The van der Waals surface area contributed by atoms with Crippen molar-refractivity contribution < 1.29 is 14.3 Å². The molecule has 0 unspecified atom stereocenters. The monoisotopic (exact) mass is 352 g/mol. The van der Waals surface area contributed by atoms with E-state index < -0.39 is 0 Å². The zero-order chi connectivity index (χ0) is 17.9. The Morgan fingerprint density at radius 2 is 2.31 bits per heavy atom. The Morgan fingerprint density at radius 3 is 3.19 bits per heavy atom. The van der Waals surface area contributed by atoms with Gasteiger partial charge in [0, 0.05) is 29.6 Å². The molecule has 2 aliphatic rings. The molecule has 4 rings (SSSR count). The molecule has 2 fully saturated rings. The van der Waals surface area contributed by atoms with E-state index in [9.17, 15) is 4.79 Å². The maximum Gasteiger partial charge on any atom is 0.254 e. The number of nitrogens with zero attached hydrogens (tertiary/aromatic N) is 2. The second-order valence-electron chi connectivity index (χ2n) is 6.98. The second kappa shape index (κ2) is 7.56. The van der Waals surface area contributed by atoms with Gasteiger partial charge in [0.15, 0.2) is 0 Å². The van der Waals surface area contributed by atoms with Crippen LogP contribution >= 0.6 is 0 Å². The number of aromatic nitrogens is 1. The molecule has 1 saturated heterocycles. The number of amides is 1. The van der Waals surface area contributed by atoms with Crippen LogP contribution in [0.4, 0.5) is 0 Å². The van der Waals surface area contributed by atoms with E-state index in [1.807, 2.05) is 35.2 Å². The van der Waals surface area contributed by atoms with Crippen molar-refractivity contribution in [3.05, 3.63) is 54.7 Å². The molecule has 1 aliphatic carbocycles. The van der Waals surface area contributed by atoms with Crippen molar-refractivity contribution in [3.63, 3.8) is 0 Å². The van der Waals surface area contributed by atoms with E-state index in [1.54, 1.807) is 12.3 Å². The first-order valence-electron chi connectivity index (χ1n) is 9.24. The van der Waals surface area contributed by atoms with E-state index in [1.165, 1.54) is 0 Å². The summed E-state index contributed by atoms with van der Waals surface area (Å²) in [5.41, 5.74) is 1.63. The summed E-state index contributed by atoms with van der Waals surface area (Å²) in [5, 5.41) is 0.991. The maximum absolute atomic E-state index is 13.2. The highest BCUT2D eigenvalue weighted by Crippen LogP contribution is 2.35. The molecule has 5 heteroatoms. The molecule has 2 aromatic rings. The number of fused-ring (bicyclic) bond motifs is 2. The van der Waals surface area contributed by atoms with Crippen molar-refractivity contribution in [2.24, 2.45) is 5.92 Å².